The third-order valence-corrected chi connectivity index (χ3v) is 5.51. The lowest BCUT2D eigenvalue weighted by Crippen LogP contribution is -2.44. The van der Waals surface area contributed by atoms with Gasteiger partial charge in [-0.05, 0) is 24.0 Å². The number of likely N-dealkylation sites (tertiary alicyclic amines) is 1. The second-order valence-electron chi connectivity index (χ2n) is 6.72. The van der Waals surface area contributed by atoms with Gasteiger partial charge in [0.15, 0.2) is 0 Å². The van der Waals surface area contributed by atoms with Crippen molar-refractivity contribution in [3.63, 3.8) is 0 Å². The molecule has 3 aliphatic rings. The van der Waals surface area contributed by atoms with Gasteiger partial charge in [-0.1, -0.05) is 24.3 Å². The maximum atomic E-state index is 13.0. The minimum absolute atomic E-state index is 0.0139. The van der Waals surface area contributed by atoms with Crippen LogP contribution in [0.5, 0.6) is 0 Å². The Morgan fingerprint density at radius 3 is 2.70 bits per heavy atom. The van der Waals surface area contributed by atoms with Gasteiger partial charge in [-0.2, -0.15) is 0 Å². The molecular formula is C18H22N2O3. The molecule has 2 fully saturated rings. The summed E-state index contributed by atoms with van der Waals surface area (Å²) in [5, 5.41) is 0. The number of imide groups is 1. The van der Waals surface area contributed by atoms with Crippen LogP contribution in [0.4, 0.5) is 0 Å². The Bertz CT molecular complexity index is 639. The van der Waals surface area contributed by atoms with Gasteiger partial charge in [0, 0.05) is 32.6 Å². The molecule has 0 aromatic heterocycles. The number of nitrogens with zero attached hydrogens (tertiary/aromatic N) is 2. The van der Waals surface area contributed by atoms with Crippen LogP contribution in [0.25, 0.3) is 0 Å². The topological polar surface area (TPSA) is 49.9 Å². The van der Waals surface area contributed by atoms with E-state index >= 15 is 0 Å². The number of aryl methyl sites for hydroxylation is 1. The van der Waals surface area contributed by atoms with Gasteiger partial charge in [0.05, 0.1) is 18.6 Å². The highest BCUT2D eigenvalue weighted by atomic mass is 16.5. The summed E-state index contributed by atoms with van der Waals surface area (Å²) >= 11 is 0. The molecule has 2 saturated heterocycles. The van der Waals surface area contributed by atoms with Gasteiger partial charge < -0.3 is 4.74 Å². The average molecular weight is 314 g/mol. The van der Waals surface area contributed by atoms with E-state index in [-0.39, 0.29) is 11.8 Å². The molecule has 0 radical (unpaired) electrons. The Hall–Kier alpha value is -1.72. The van der Waals surface area contributed by atoms with Crippen molar-refractivity contribution in [3.05, 3.63) is 35.4 Å². The summed E-state index contributed by atoms with van der Waals surface area (Å²) in [4.78, 5) is 29.3. The minimum atomic E-state index is -0.585. The number of hydrogen-bond donors (Lipinski definition) is 0. The van der Waals surface area contributed by atoms with Crippen LogP contribution in [0, 0.1) is 0 Å². The summed E-state index contributed by atoms with van der Waals surface area (Å²) in [6.45, 7) is 4.48. The van der Waals surface area contributed by atoms with Crippen molar-refractivity contribution in [2.24, 2.45) is 0 Å². The van der Waals surface area contributed by atoms with Gasteiger partial charge in [0.25, 0.3) is 0 Å². The number of rotatable bonds is 3. The van der Waals surface area contributed by atoms with Crippen molar-refractivity contribution in [2.45, 2.75) is 24.7 Å². The summed E-state index contributed by atoms with van der Waals surface area (Å²) in [7, 11) is 0. The molecule has 1 atom stereocenters. The zero-order chi connectivity index (χ0) is 15.9. The van der Waals surface area contributed by atoms with E-state index in [1.807, 2.05) is 18.2 Å². The van der Waals surface area contributed by atoms with Crippen LogP contribution in [0.3, 0.4) is 0 Å². The van der Waals surface area contributed by atoms with Crippen LogP contribution in [0.2, 0.25) is 0 Å². The van der Waals surface area contributed by atoms with Crippen molar-refractivity contribution >= 4 is 11.8 Å². The Kier molecular flexibility index (Phi) is 3.70. The predicted molar refractivity (Wildman–Crippen MR) is 85.0 cm³/mol. The number of ether oxygens (including phenoxy) is 1. The van der Waals surface area contributed by atoms with E-state index in [0.29, 0.717) is 13.0 Å². The number of carbonyl (C=O) groups excluding carboxylic acids is 2. The highest BCUT2D eigenvalue weighted by molar-refractivity contribution is 6.09. The van der Waals surface area contributed by atoms with E-state index in [2.05, 4.69) is 11.0 Å². The summed E-state index contributed by atoms with van der Waals surface area (Å²) in [5.41, 5.74) is 1.72. The van der Waals surface area contributed by atoms with Crippen LogP contribution in [0.15, 0.2) is 24.3 Å². The van der Waals surface area contributed by atoms with Crippen LogP contribution < -0.4 is 0 Å². The molecule has 1 unspecified atom stereocenters. The molecule has 5 heteroatoms. The van der Waals surface area contributed by atoms with E-state index in [9.17, 15) is 9.59 Å². The third-order valence-electron chi connectivity index (χ3n) is 5.51. The molecule has 1 aliphatic carbocycles. The normalized spacial score (nSPS) is 27.9. The van der Waals surface area contributed by atoms with Gasteiger partial charge in [-0.3, -0.25) is 19.4 Å². The lowest BCUT2D eigenvalue weighted by molar-refractivity contribution is -0.140. The second-order valence-corrected chi connectivity index (χ2v) is 6.72. The largest absolute Gasteiger partial charge is 0.379 e. The van der Waals surface area contributed by atoms with Crippen molar-refractivity contribution in [1.29, 1.82) is 0 Å². The summed E-state index contributed by atoms with van der Waals surface area (Å²) < 4.78 is 5.34. The number of amides is 2. The maximum absolute atomic E-state index is 13.0. The quantitative estimate of drug-likeness (QED) is 0.780. The van der Waals surface area contributed by atoms with Crippen LogP contribution >= 0.6 is 0 Å². The molecule has 2 amide bonds. The third kappa shape index (κ3) is 2.39. The molecule has 1 aromatic carbocycles. The van der Waals surface area contributed by atoms with Crippen LogP contribution in [-0.2, 0) is 26.2 Å². The molecule has 23 heavy (non-hydrogen) atoms. The van der Waals surface area contributed by atoms with Gasteiger partial charge in [-0.25, -0.2) is 0 Å². The smallest absolute Gasteiger partial charge is 0.240 e. The van der Waals surface area contributed by atoms with E-state index < -0.39 is 5.41 Å². The Morgan fingerprint density at radius 2 is 1.87 bits per heavy atom. The van der Waals surface area contributed by atoms with E-state index in [4.69, 9.17) is 4.74 Å². The molecule has 2 aliphatic heterocycles. The lowest BCUT2D eigenvalue weighted by Gasteiger charge is -2.28. The lowest BCUT2D eigenvalue weighted by atomic mass is 9.80. The maximum Gasteiger partial charge on any atom is 0.240 e. The minimum Gasteiger partial charge on any atom is -0.379 e. The molecule has 0 N–H and O–H groups in total. The van der Waals surface area contributed by atoms with Gasteiger partial charge in [0.1, 0.15) is 0 Å². The summed E-state index contributed by atoms with van der Waals surface area (Å²) in [6.07, 6.45) is 2.00. The molecule has 5 nitrogen and oxygen atoms in total. The Morgan fingerprint density at radius 1 is 1.09 bits per heavy atom. The van der Waals surface area contributed by atoms with Crippen LogP contribution in [-0.4, -0.2) is 61.0 Å². The SMILES string of the molecule is O=C1CC2(CCc3ccccc32)C(=O)N1CCN1CCOCC1. The molecule has 1 spiro atoms. The highest BCUT2D eigenvalue weighted by Crippen LogP contribution is 2.46. The zero-order valence-corrected chi connectivity index (χ0v) is 13.3. The fourth-order valence-electron chi connectivity index (χ4n) is 4.19. The monoisotopic (exact) mass is 314 g/mol. The van der Waals surface area contributed by atoms with E-state index in [1.165, 1.54) is 10.5 Å². The number of fused-ring (bicyclic) bond motifs is 2. The fraction of sp³-hybridized carbons (Fsp3) is 0.556. The zero-order valence-electron chi connectivity index (χ0n) is 13.3. The van der Waals surface area contributed by atoms with Crippen molar-refractivity contribution in [3.8, 4) is 0 Å². The first-order valence-corrected chi connectivity index (χ1v) is 8.44. The molecule has 1 aromatic rings. The molecule has 2 heterocycles. The summed E-state index contributed by atoms with van der Waals surface area (Å²) in [5.74, 6) is 0.000622. The van der Waals surface area contributed by atoms with E-state index in [0.717, 1.165) is 51.3 Å². The van der Waals surface area contributed by atoms with Crippen molar-refractivity contribution < 1.29 is 14.3 Å². The molecule has 4 rings (SSSR count). The number of morpholine rings is 1. The number of hydrogen-bond acceptors (Lipinski definition) is 4. The predicted octanol–water partition coefficient (Wildman–Crippen LogP) is 0.962. The Labute approximate surface area is 136 Å². The first-order chi connectivity index (χ1) is 11.2. The number of carbonyl (C=O) groups is 2. The average Bonchev–Trinajstić information content (AvgIpc) is 3.07. The van der Waals surface area contributed by atoms with Gasteiger partial charge >= 0.3 is 0 Å². The fourth-order valence-corrected chi connectivity index (χ4v) is 4.19. The second kappa shape index (κ2) is 5.73. The highest BCUT2D eigenvalue weighted by Gasteiger charge is 2.55. The molecule has 0 bridgehead atoms. The Balaban J connectivity index is 1.51. The standard InChI is InChI=1S/C18H22N2O3/c21-16-13-18(6-5-14-3-1-2-4-15(14)18)17(22)20(16)8-7-19-9-11-23-12-10-19/h1-4H,5-13H2. The van der Waals surface area contributed by atoms with Gasteiger partial charge in [0.2, 0.25) is 11.8 Å². The first-order valence-electron chi connectivity index (χ1n) is 8.44. The van der Waals surface area contributed by atoms with Crippen LogP contribution in [0.1, 0.15) is 24.0 Å². The van der Waals surface area contributed by atoms with Crippen molar-refractivity contribution in [1.82, 2.24) is 9.80 Å². The molecule has 0 saturated carbocycles. The van der Waals surface area contributed by atoms with Crippen molar-refractivity contribution in [2.75, 3.05) is 39.4 Å². The first kappa shape index (κ1) is 14.8. The number of benzene rings is 1. The van der Waals surface area contributed by atoms with Gasteiger partial charge in [-0.15, -0.1) is 0 Å². The molecule has 122 valence electrons. The summed E-state index contributed by atoms with van der Waals surface area (Å²) in [6, 6.07) is 8.09. The van der Waals surface area contributed by atoms with E-state index in [1.54, 1.807) is 0 Å². The molecular weight excluding hydrogens is 292 g/mol.